The molecule has 0 N–H and O–H groups in total. The summed E-state index contributed by atoms with van der Waals surface area (Å²) in [5, 5.41) is 0. The Labute approximate surface area is 119 Å². The predicted octanol–water partition coefficient (Wildman–Crippen LogP) is 4.02. The van der Waals surface area contributed by atoms with Crippen LogP contribution < -0.4 is 4.74 Å². The molecule has 0 aromatic heterocycles. The lowest BCUT2D eigenvalue weighted by molar-refractivity contribution is 0.0991. The summed E-state index contributed by atoms with van der Waals surface area (Å²) in [5.74, 6) is 0.0789. The Morgan fingerprint density at radius 1 is 1.26 bits per heavy atom. The molecule has 0 fully saturated rings. The van der Waals surface area contributed by atoms with Crippen LogP contribution in [0.5, 0.6) is 5.75 Å². The zero-order valence-electron chi connectivity index (χ0n) is 10.3. The van der Waals surface area contributed by atoms with Gasteiger partial charge in [0, 0.05) is 17.5 Å². The van der Waals surface area contributed by atoms with E-state index in [4.69, 9.17) is 4.74 Å². The lowest BCUT2D eigenvalue weighted by atomic mass is 10.0. The lowest BCUT2D eigenvalue weighted by Gasteiger charge is -2.07. The molecule has 0 amide bonds. The van der Waals surface area contributed by atoms with Crippen LogP contribution in [0.4, 0.5) is 4.39 Å². The van der Waals surface area contributed by atoms with Crippen LogP contribution >= 0.6 is 15.9 Å². The van der Waals surface area contributed by atoms with Crippen LogP contribution in [-0.4, -0.2) is 12.9 Å². The van der Waals surface area contributed by atoms with Crippen molar-refractivity contribution in [1.82, 2.24) is 0 Å². The quantitative estimate of drug-likeness (QED) is 0.795. The van der Waals surface area contributed by atoms with E-state index in [1.165, 1.54) is 12.1 Å². The minimum absolute atomic E-state index is 0.143. The number of carbonyl (C=O) groups excluding carboxylic acids is 1. The third-order valence-corrected chi connectivity index (χ3v) is 3.43. The number of hydrogen-bond acceptors (Lipinski definition) is 2. The molecule has 0 spiro atoms. The molecular weight excluding hydrogens is 311 g/mol. The number of para-hydroxylation sites is 1. The largest absolute Gasteiger partial charge is 0.496 e. The van der Waals surface area contributed by atoms with E-state index < -0.39 is 5.82 Å². The Morgan fingerprint density at radius 3 is 2.68 bits per heavy atom. The average Bonchev–Trinajstić information content (AvgIpc) is 2.42. The zero-order chi connectivity index (χ0) is 13.8. The number of ether oxygens (including phenoxy) is 1. The van der Waals surface area contributed by atoms with Crippen molar-refractivity contribution in [3.05, 3.63) is 63.9 Å². The number of benzene rings is 2. The highest BCUT2D eigenvalue weighted by atomic mass is 79.9. The molecule has 2 aromatic rings. The average molecular weight is 323 g/mol. The molecule has 98 valence electrons. The van der Waals surface area contributed by atoms with Gasteiger partial charge < -0.3 is 4.74 Å². The van der Waals surface area contributed by atoms with Crippen molar-refractivity contribution in [2.24, 2.45) is 0 Å². The SMILES string of the molecule is COc1ccccc1CC(=O)c1ccc(Br)c(F)c1. The molecule has 0 radical (unpaired) electrons. The summed E-state index contributed by atoms with van der Waals surface area (Å²) in [5.41, 5.74) is 1.14. The molecular formula is C15H12BrFO2. The molecule has 4 heteroatoms. The van der Waals surface area contributed by atoms with Crippen molar-refractivity contribution in [2.45, 2.75) is 6.42 Å². The summed E-state index contributed by atoms with van der Waals surface area (Å²) in [4.78, 5) is 12.1. The van der Waals surface area contributed by atoms with Gasteiger partial charge in [0.05, 0.1) is 11.6 Å². The lowest BCUT2D eigenvalue weighted by Crippen LogP contribution is -2.05. The normalized spacial score (nSPS) is 10.3. The van der Waals surface area contributed by atoms with E-state index in [0.29, 0.717) is 15.8 Å². The minimum atomic E-state index is -0.439. The first-order valence-corrected chi connectivity index (χ1v) is 6.51. The minimum Gasteiger partial charge on any atom is -0.496 e. The van der Waals surface area contributed by atoms with Crippen LogP contribution in [0.3, 0.4) is 0 Å². The molecule has 2 rings (SSSR count). The maximum absolute atomic E-state index is 13.4. The van der Waals surface area contributed by atoms with Crippen molar-refractivity contribution in [2.75, 3.05) is 7.11 Å². The highest BCUT2D eigenvalue weighted by molar-refractivity contribution is 9.10. The van der Waals surface area contributed by atoms with Crippen molar-refractivity contribution in [1.29, 1.82) is 0 Å². The summed E-state index contributed by atoms with van der Waals surface area (Å²) < 4.78 is 18.9. The highest BCUT2D eigenvalue weighted by Gasteiger charge is 2.12. The monoisotopic (exact) mass is 322 g/mol. The topological polar surface area (TPSA) is 26.3 Å². The van der Waals surface area contributed by atoms with Crippen LogP contribution in [0.1, 0.15) is 15.9 Å². The fourth-order valence-corrected chi connectivity index (χ4v) is 2.04. The molecule has 0 bridgehead atoms. The standard InChI is InChI=1S/C15H12BrFO2/c1-19-15-5-3-2-4-11(15)9-14(18)10-6-7-12(16)13(17)8-10/h2-8H,9H2,1H3. The van der Waals surface area contributed by atoms with Gasteiger partial charge in [-0.2, -0.15) is 0 Å². The van der Waals surface area contributed by atoms with Gasteiger partial charge in [-0.3, -0.25) is 4.79 Å². The van der Waals surface area contributed by atoms with Crippen molar-refractivity contribution < 1.29 is 13.9 Å². The van der Waals surface area contributed by atoms with Gasteiger partial charge in [0.2, 0.25) is 0 Å². The maximum atomic E-state index is 13.4. The molecule has 0 saturated carbocycles. The van der Waals surface area contributed by atoms with E-state index in [1.807, 2.05) is 18.2 Å². The number of Topliss-reactive ketones (excluding diaryl/α,β-unsaturated/α-hetero) is 1. The first kappa shape index (κ1) is 13.7. The number of carbonyl (C=O) groups is 1. The Kier molecular flexibility index (Phi) is 4.32. The number of methoxy groups -OCH3 is 1. The molecule has 0 aliphatic carbocycles. The Balaban J connectivity index is 2.23. The highest BCUT2D eigenvalue weighted by Crippen LogP contribution is 2.21. The second-order valence-corrected chi connectivity index (χ2v) is 4.90. The molecule has 2 nitrogen and oxygen atoms in total. The summed E-state index contributed by atoms with van der Waals surface area (Å²) >= 11 is 3.06. The van der Waals surface area contributed by atoms with Gasteiger partial charge >= 0.3 is 0 Å². The first-order chi connectivity index (χ1) is 9.11. The van der Waals surface area contributed by atoms with Crippen molar-refractivity contribution in [3.8, 4) is 5.75 Å². The second-order valence-electron chi connectivity index (χ2n) is 4.04. The second kappa shape index (κ2) is 5.97. The van der Waals surface area contributed by atoms with E-state index in [2.05, 4.69) is 15.9 Å². The smallest absolute Gasteiger partial charge is 0.167 e. The number of hydrogen-bond donors (Lipinski definition) is 0. The van der Waals surface area contributed by atoms with Crippen molar-refractivity contribution >= 4 is 21.7 Å². The zero-order valence-corrected chi connectivity index (χ0v) is 11.9. The number of ketones is 1. The van der Waals surface area contributed by atoms with Crippen LogP contribution in [-0.2, 0) is 6.42 Å². The molecule has 0 aliphatic heterocycles. The fraction of sp³-hybridized carbons (Fsp3) is 0.133. The van der Waals surface area contributed by atoms with Gasteiger partial charge in [0.25, 0.3) is 0 Å². The number of halogens is 2. The van der Waals surface area contributed by atoms with Gasteiger partial charge in [-0.15, -0.1) is 0 Å². The van der Waals surface area contributed by atoms with Gasteiger partial charge in [-0.05, 0) is 34.1 Å². The first-order valence-electron chi connectivity index (χ1n) is 5.72. The van der Waals surface area contributed by atoms with Gasteiger partial charge in [0.1, 0.15) is 11.6 Å². The third kappa shape index (κ3) is 3.20. The Bertz CT molecular complexity index is 611. The third-order valence-electron chi connectivity index (χ3n) is 2.79. The fourth-order valence-electron chi connectivity index (χ4n) is 1.79. The Morgan fingerprint density at radius 2 is 2.00 bits per heavy atom. The number of rotatable bonds is 4. The summed E-state index contributed by atoms with van der Waals surface area (Å²) in [6.45, 7) is 0. The van der Waals surface area contributed by atoms with E-state index >= 15 is 0 Å². The Hall–Kier alpha value is -1.68. The van der Waals surface area contributed by atoms with Crippen molar-refractivity contribution in [3.63, 3.8) is 0 Å². The molecule has 0 unspecified atom stereocenters. The maximum Gasteiger partial charge on any atom is 0.167 e. The van der Waals surface area contributed by atoms with Gasteiger partial charge in [0.15, 0.2) is 5.78 Å². The molecule has 0 atom stereocenters. The summed E-state index contributed by atoms with van der Waals surface area (Å²) in [7, 11) is 1.56. The predicted molar refractivity (Wildman–Crippen MR) is 75.1 cm³/mol. The molecule has 0 heterocycles. The summed E-state index contributed by atoms with van der Waals surface area (Å²) in [6, 6.07) is 11.7. The van der Waals surface area contributed by atoms with E-state index in [9.17, 15) is 9.18 Å². The molecule has 0 aliphatic rings. The molecule has 19 heavy (non-hydrogen) atoms. The molecule has 2 aromatic carbocycles. The summed E-state index contributed by atoms with van der Waals surface area (Å²) in [6.07, 6.45) is 0.186. The van der Waals surface area contributed by atoms with Gasteiger partial charge in [-0.25, -0.2) is 4.39 Å². The van der Waals surface area contributed by atoms with Crippen LogP contribution in [0.2, 0.25) is 0 Å². The van der Waals surface area contributed by atoms with E-state index in [1.54, 1.807) is 19.2 Å². The van der Waals surface area contributed by atoms with Gasteiger partial charge in [-0.1, -0.05) is 24.3 Å². The van der Waals surface area contributed by atoms with Crippen LogP contribution in [0.15, 0.2) is 46.9 Å². The van der Waals surface area contributed by atoms with Crippen LogP contribution in [0.25, 0.3) is 0 Å². The van der Waals surface area contributed by atoms with Crippen LogP contribution in [0, 0.1) is 5.82 Å². The molecule has 0 saturated heterocycles. The van der Waals surface area contributed by atoms with E-state index in [0.717, 1.165) is 5.56 Å². The van der Waals surface area contributed by atoms with E-state index in [-0.39, 0.29) is 12.2 Å².